The maximum Gasteiger partial charge on any atom is 0.211 e. The number of carbonyl (C=O) groups excluding carboxylic acids is 1. The third kappa shape index (κ3) is 2.82. The van der Waals surface area contributed by atoms with Crippen LogP contribution in [0.4, 0.5) is 0 Å². The van der Waals surface area contributed by atoms with Crippen LogP contribution in [0.15, 0.2) is 30.3 Å². The summed E-state index contributed by atoms with van der Waals surface area (Å²) in [5, 5.41) is 2.41. The topological polar surface area (TPSA) is 29.1 Å². The molecule has 0 bridgehead atoms. The van der Waals surface area contributed by atoms with Gasteiger partial charge in [0.2, 0.25) is 5.91 Å². The van der Waals surface area contributed by atoms with E-state index in [4.69, 9.17) is 7.74 Å². The summed E-state index contributed by atoms with van der Waals surface area (Å²) in [6.45, 7) is 0. The summed E-state index contributed by atoms with van der Waals surface area (Å²) in [4.78, 5) is 11.0. The summed E-state index contributed by atoms with van der Waals surface area (Å²) in [6.07, 6.45) is 0.370. The molecule has 0 fully saturated rings. The lowest BCUT2D eigenvalue weighted by atomic mass is 9.67. The first-order valence-corrected chi connectivity index (χ1v) is 3.69. The van der Waals surface area contributed by atoms with E-state index in [9.17, 15) is 4.79 Å². The van der Waals surface area contributed by atoms with Crippen LogP contribution in [0.5, 0.6) is 0 Å². The lowest BCUT2D eigenvalue weighted by molar-refractivity contribution is -0.118. The Morgan fingerprint density at radius 2 is 2.08 bits per heavy atom. The van der Waals surface area contributed by atoms with Crippen LogP contribution in [0, 0.1) is 0 Å². The van der Waals surface area contributed by atoms with Gasteiger partial charge in [-0.05, 0) is 5.56 Å². The van der Waals surface area contributed by atoms with Crippen LogP contribution in [0.2, 0.25) is 0 Å². The number of amides is 1. The van der Waals surface area contributed by atoms with Crippen LogP contribution in [0.3, 0.4) is 0 Å². The molecular formula is C8H8B2NO. The zero-order valence-electron chi connectivity index (χ0n) is 6.66. The highest BCUT2D eigenvalue weighted by Gasteiger charge is 1.99. The molecule has 0 aliphatic rings. The summed E-state index contributed by atoms with van der Waals surface area (Å²) in [6, 6.07) is 9.51. The van der Waals surface area contributed by atoms with Crippen molar-refractivity contribution in [3.8, 4) is 0 Å². The van der Waals surface area contributed by atoms with Gasteiger partial charge in [-0.15, -0.1) is 0 Å². The molecule has 1 aromatic rings. The van der Waals surface area contributed by atoms with Crippen molar-refractivity contribution in [2.45, 2.75) is 6.42 Å². The summed E-state index contributed by atoms with van der Waals surface area (Å²) in [5.41, 5.74) is 0.983. The van der Waals surface area contributed by atoms with Crippen molar-refractivity contribution in [2.24, 2.45) is 0 Å². The van der Waals surface area contributed by atoms with Crippen LogP contribution in [0.1, 0.15) is 5.56 Å². The highest BCUT2D eigenvalue weighted by atomic mass is 16.1. The van der Waals surface area contributed by atoms with Gasteiger partial charge in [0.05, 0.1) is 6.42 Å². The van der Waals surface area contributed by atoms with Crippen molar-refractivity contribution < 1.29 is 4.79 Å². The van der Waals surface area contributed by atoms with Gasteiger partial charge in [-0.1, -0.05) is 30.3 Å². The smallest absolute Gasteiger partial charge is 0.211 e. The first kappa shape index (κ1) is 8.91. The lowest BCUT2D eigenvalue weighted by Gasteiger charge is -2.00. The molecule has 0 atom stereocenters. The standard InChI is InChI=1S/C8H8B2NO/c9-10-11-8(12)6-7-4-2-1-3-5-7/h1-5H,6H2,(H,11,12). The van der Waals surface area contributed by atoms with E-state index in [1.54, 1.807) is 0 Å². The molecule has 57 valence electrons. The first-order chi connectivity index (χ1) is 5.83. The first-order valence-electron chi connectivity index (χ1n) is 3.69. The molecule has 2 nitrogen and oxygen atoms in total. The quantitative estimate of drug-likeness (QED) is 0.615. The SMILES string of the molecule is [B][B]NC(=O)Cc1ccccc1. The van der Waals surface area contributed by atoms with E-state index in [-0.39, 0.29) is 5.91 Å². The highest BCUT2D eigenvalue weighted by molar-refractivity contribution is 6.89. The molecular weight excluding hydrogens is 148 g/mol. The van der Waals surface area contributed by atoms with E-state index >= 15 is 0 Å². The second-order valence-electron chi connectivity index (χ2n) is 2.40. The number of hydrogen-bond donors (Lipinski definition) is 1. The number of rotatable bonds is 3. The van der Waals surface area contributed by atoms with Gasteiger partial charge in [-0.2, -0.15) is 0 Å². The van der Waals surface area contributed by atoms with Crippen LogP contribution in [-0.4, -0.2) is 20.9 Å². The van der Waals surface area contributed by atoms with Gasteiger partial charge in [-0.25, -0.2) is 0 Å². The average molecular weight is 156 g/mol. The Morgan fingerprint density at radius 3 is 2.67 bits per heavy atom. The third-order valence-electron chi connectivity index (χ3n) is 1.45. The highest BCUT2D eigenvalue weighted by Crippen LogP contribution is 1.98. The van der Waals surface area contributed by atoms with Crippen molar-refractivity contribution in [1.29, 1.82) is 0 Å². The second-order valence-corrected chi connectivity index (χ2v) is 2.40. The lowest BCUT2D eigenvalue weighted by Crippen LogP contribution is -2.28. The number of nitrogens with one attached hydrogen (secondary N) is 1. The van der Waals surface area contributed by atoms with Gasteiger partial charge in [0.15, 0.2) is 7.31 Å². The summed E-state index contributed by atoms with van der Waals surface area (Å²) >= 11 is 0. The van der Waals surface area contributed by atoms with Crippen molar-refractivity contribution >= 4 is 20.9 Å². The summed E-state index contributed by atoms with van der Waals surface area (Å²) in [5.74, 6) is -0.0938. The zero-order chi connectivity index (χ0) is 8.81. The second kappa shape index (κ2) is 4.65. The minimum Gasteiger partial charge on any atom is -0.412 e. The van der Waals surface area contributed by atoms with Gasteiger partial charge in [0, 0.05) is 7.74 Å². The normalized spacial score (nSPS) is 9.00. The summed E-state index contributed by atoms with van der Waals surface area (Å²) in [7, 11) is 6.17. The number of benzene rings is 1. The van der Waals surface area contributed by atoms with Gasteiger partial charge in [0.25, 0.3) is 0 Å². The van der Waals surface area contributed by atoms with Crippen molar-refractivity contribution in [3.05, 3.63) is 35.9 Å². The molecule has 4 heteroatoms. The maximum atomic E-state index is 11.0. The van der Waals surface area contributed by atoms with Crippen LogP contribution >= 0.6 is 0 Å². The molecule has 0 unspecified atom stereocenters. The molecule has 0 aromatic heterocycles. The molecule has 3 radical (unpaired) electrons. The Bertz CT molecular complexity index is 250. The maximum absolute atomic E-state index is 11.0. The Hall–Kier alpha value is -1.18. The fourth-order valence-corrected chi connectivity index (χ4v) is 0.925. The van der Waals surface area contributed by atoms with Gasteiger partial charge in [0.1, 0.15) is 0 Å². The minimum atomic E-state index is -0.0938. The molecule has 12 heavy (non-hydrogen) atoms. The number of hydrogen-bond acceptors (Lipinski definition) is 1. The van der Waals surface area contributed by atoms with E-state index in [0.717, 1.165) is 12.9 Å². The van der Waals surface area contributed by atoms with Crippen LogP contribution in [-0.2, 0) is 11.2 Å². The van der Waals surface area contributed by atoms with Gasteiger partial charge >= 0.3 is 0 Å². The predicted octanol–water partition coefficient (Wildman–Crippen LogP) is 0.0480. The van der Waals surface area contributed by atoms with E-state index in [1.165, 1.54) is 0 Å². The van der Waals surface area contributed by atoms with Crippen molar-refractivity contribution in [3.63, 3.8) is 0 Å². The molecule has 0 saturated carbocycles. The predicted molar refractivity (Wildman–Crippen MR) is 49.8 cm³/mol. The Kier molecular flexibility index (Phi) is 3.45. The molecule has 0 heterocycles. The van der Waals surface area contributed by atoms with E-state index in [2.05, 4.69) is 5.23 Å². The molecule has 1 aromatic carbocycles. The molecule has 0 aliphatic carbocycles. The molecule has 0 saturated heterocycles. The Morgan fingerprint density at radius 1 is 1.42 bits per heavy atom. The Labute approximate surface area is 74.0 Å². The largest absolute Gasteiger partial charge is 0.412 e. The summed E-state index contributed by atoms with van der Waals surface area (Å²) < 4.78 is 0. The van der Waals surface area contributed by atoms with Gasteiger partial charge in [-0.3, -0.25) is 4.79 Å². The van der Waals surface area contributed by atoms with Crippen molar-refractivity contribution in [2.75, 3.05) is 0 Å². The van der Waals surface area contributed by atoms with Crippen LogP contribution in [0.25, 0.3) is 0 Å². The number of carbonyl (C=O) groups is 1. The average Bonchev–Trinajstić information content (AvgIpc) is 2.06. The molecule has 1 rings (SSSR count). The zero-order valence-corrected chi connectivity index (χ0v) is 6.66. The molecule has 1 N–H and O–H groups in total. The van der Waals surface area contributed by atoms with Gasteiger partial charge < -0.3 is 5.23 Å². The minimum absolute atomic E-state index is 0.0938. The fraction of sp³-hybridized carbons (Fsp3) is 0.125. The monoisotopic (exact) mass is 156 g/mol. The van der Waals surface area contributed by atoms with Crippen LogP contribution < -0.4 is 5.23 Å². The van der Waals surface area contributed by atoms with E-state index in [0.29, 0.717) is 6.42 Å². The molecule has 0 spiro atoms. The van der Waals surface area contributed by atoms with E-state index in [1.807, 2.05) is 30.3 Å². The van der Waals surface area contributed by atoms with E-state index < -0.39 is 0 Å². The Balaban J connectivity index is 2.47. The molecule has 0 aliphatic heterocycles. The fourth-order valence-electron chi connectivity index (χ4n) is 0.925. The third-order valence-corrected chi connectivity index (χ3v) is 1.45. The van der Waals surface area contributed by atoms with Crippen molar-refractivity contribution in [1.82, 2.24) is 5.23 Å². The molecule has 1 amide bonds.